The maximum atomic E-state index is 12.4. The van der Waals surface area contributed by atoms with Crippen LogP contribution in [0, 0.1) is 12.8 Å². The number of carbonyl (C=O) groups is 1. The van der Waals surface area contributed by atoms with Crippen LogP contribution >= 0.6 is 23.2 Å². The Bertz CT molecular complexity index is 1290. The Hall–Kier alpha value is -2.47. The van der Waals surface area contributed by atoms with Gasteiger partial charge in [0.15, 0.2) is 0 Å². The molecule has 1 aromatic heterocycles. The van der Waals surface area contributed by atoms with Gasteiger partial charge >= 0.3 is 0 Å². The summed E-state index contributed by atoms with van der Waals surface area (Å²) in [7, 11) is 0. The largest absolute Gasteiger partial charge is 0.508 e. The van der Waals surface area contributed by atoms with Crippen LogP contribution in [0.2, 0.25) is 10.0 Å². The number of rotatable bonds is 6. The van der Waals surface area contributed by atoms with Gasteiger partial charge in [-0.15, -0.1) is 0 Å². The number of phenols is 1. The molecule has 0 bridgehead atoms. The van der Waals surface area contributed by atoms with Crippen LogP contribution in [0.1, 0.15) is 61.3 Å². The molecule has 5 rings (SSSR count). The van der Waals surface area contributed by atoms with Gasteiger partial charge in [0.25, 0.3) is 0 Å². The summed E-state index contributed by atoms with van der Waals surface area (Å²) >= 11 is 12.0. The molecule has 2 aliphatic rings. The van der Waals surface area contributed by atoms with Gasteiger partial charge in [-0.1, -0.05) is 29.3 Å². The predicted octanol–water partition coefficient (Wildman–Crippen LogP) is 7.06. The van der Waals surface area contributed by atoms with E-state index in [4.69, 9.17) is 23.2 Å². The number of likely N-dealkylation sites (tertiary alicyclic amines) is 1. The average molecular weight is 541 g/mol. The third-order valence-electron chi connectivity index (χ3n) is 8.10. The van der Waals surface area contributed by atoms with E-state index >= 15 is 0 Å². The van der Waals surface area contributed by atoms with Crippen LogP contribution in [-0.4, -0.2) is 46.6 Å². The van der Waals surface area contributed by atoms with Gasteiger partial charge in [-0.25, -0.2) is 0 Å². The van der Waals surface area contributed by atoms with Crippen molar-refractivity contribution in [1.29, 1.82) is 0 Å². The minimum absolute atomic E-state index is 0.0579. The van der Waals surface area contributed by atoms with Crippen molar-refractivity contribution in [3.8, 4) is 5.75 Å². The Labute approximate surface area is 228 Å². The molecule has 3 aromatic rings. The summed E-state index contributed by atoms with van der Waals surface area (Å²) in [4.78, 5) is 18.5. The smallest absolute Gasteiger partial charge is 0.244 e. The Kier molecular flexibility index (Phi) is 8.13. The molecule has 0 spiro atoms. The van der Waals surface area contributed by atoms with Crippen molar-refractivity contribution in [3.05, 3.63) is 69.3 Å². The number of phenolic OH excluding ortho intramolecular Hbond substituents is 1. The number of halogens is 2. The minimum atomic E-state index is -0.0579. The van der Waals surface area contributed by atoms with E-state index in [1.807, 2.05) is 18.2 Å². The molecule has 2 aromatic carbocycles. The second kappa shape index (κ2) is 11.5. The van der Waals surface area contributed by atoms with E-state index in [1.54, 1.807) is 30.4 Å². The molecule has 7 heteroatoms. The number of nitrogens with one attached hydrogen (secondary N) is 2. The highest BCUT2D eigenvalue weighted by atomic mass is 35.5. The van der Waals surface area contributed by atoms with Gasteiger partial charge in [-0.05, 0) is 118 Å². The fourth-order valence-corrected chi connectivity index (χ4v) is 6.46. The first-order chi connectivity index (χ1) is 17.9. The summed E-state index contributed by atoms with van der Waals surface area (Å²) in [6, 6.07) is 11.2. The number of amides is 1. The van der Waals surface area contributed by atoms with Crippen LogP contribution in [-0.2, 0) is 4.79 Å². The zero-order valence-corrected chi connectivity index (χ0v) is 22.8. The molecule has 1 saturated heterocycles. The molecule has 196 valence electrons. The highest BCUT2D eigenvalue weighted by Gasteiger charge is 2.28. The number of benzene rings is 2. The molecule has 37 heavy (non-hydrogen) atoms. The van der Waals surface area contributed by atoms with Gasteiger partial charge in [0, 0.05) is 35.3 Å². The first-order valence-corrected chi connectivity index (χ1v) is 14.1. The Morgan fingerprint density at radius 3 is 2.54 bits per heavy atom. The number of aromatic hydroxyl groups is 1. The van der Waals surface area contributed by atoms with Crippen LogP contribution < -0.4 is 5.32 Å². The number of carbonyl (C=O) groups excluding carboxylic acids is 1. The molecule has 1 aliphatic heterocycles. The van der Waals surface area contributed by atoms with E-state index in [1.165, 1.54) is 16.6 Å². The minimum Gasteiger partial charge on any atom is -0.508 e. The number of aryl methyl sites for hydroxylation is 1. The number of H-pyrrole nitrogens is 1. The summed E-state index contributed by atoms with van der Waals surface area (Å²) in [5, 5.41) is 15.3. The Balaban J connectivity index is 1.06. The van der Waals surface area contributed by atoms with Gasteiger partial charge in [0.1, 0.15) is 5.75 Å². The van der Waals surface area contributed by atoms with E-state index in [2.05, 4.69) is 22.1 Å². The molecular formula is C30H35Cl2N3O2. The van der Waals surface area contributed by atoms with Crippen molar-refractivity contribution in [3.63, 3.8) is 0 Å². The number of hydrogen-bond donors (Lipinski definition) is 3. The highest BCUT2D eigenvalue weighted by molar-refractivity contribution is 6.42. The van der Waals surface area contributed by atoms with E-state index in [-0.39, 0.29) is 11.9 Å². The number of hydrogen-bond acceptors (Lipinski definition) is 3. The van der Waals surface area contributed by atoms with Crippen LogP contribution in [0.25, 0.3) is 17.0 Å². The van der Waals surface area contributed by atoms with Crippen molar-refractivity contribution in [2.75, 3.05) is 19.6 Å². The summed E-state index contributed by atoms with van der Waals surface area (Å²) in [5.74, 6) is 1.51. The fraction of sp³-hybridized carbons (Fsp3) is 0.433. The van der Waals surface area contributed by atoms with Crippen molar-refractivity contribution in [2.24, 2.45) is 5.92 Å². The molecule has 1 aliphatic carbocycles. The summed E-state index contributed by atoms with van der Waals surface area (Å²) in [5.41, 5.74) is 4.58. The molecule has 5 nitrogen and oxygen atoms in total. The van der Waals surface area contributed by atoms with Crippen LogP contribution in [0.15, 0.2) is 42.5 Å². The van der Waals surface area contributed by atoms with Crippen molar-refractivity contribution in [2.45, 2.75) is 57.4 Å². The van der Waals surface area contributed by atoms with E-state index < -0.39 is 0 Å². The van der Waals surface area contributed by atoms with E-state index in [0.29, 0.717) is 27.6 Å². The fourth-order valence-electron chi connectivity index (χ4n) is 6.16. The molecule has 1 saturated carbocycles. The van der Waals surface area contributed by atoms with Gasteiger partial charge < -0.3 is 20.3 Å². The third-order valence-corrected chi connectivity index (χ3v) is 8.83. The average Bonchev–Trinajstić information content (AvgIpc) is 3.21. The topological polar surface area (TPSA) is 68.4 Å². The maximum Gasteiger partial charge on any atom is 0.244 e. The van der Waals surface area contributed by atoms with Gasteiger partial charge in [-0.3, -0.25) is 4.79 Å². The number of aromatic nitrogens is 1. The van der Waals surface area contributed by atoms with Gasteiger partial charge in [0.2, 0.25) is 5.91 Å². The van der Waals surface area contributed by atoms with Crippen LogP contribution in [0.4, 0.5) is 0 Å². The zero-order chi connectivity index (χ0) is 25.9. The first kappa shape index (κ1) is 26.1. The molecule has 3 N–H and O–H groups in total. The molecular weight excluding hydrogens is 505 g/mol. The maximum absolute atomic E-state index is 12.4. The van der Waals surface area contributed by atoms with Crippen molar-refractivity contribution >= 4 is 46.1 Å². The van der Waals surface area contributed by atoms with Gasteiger partial charge in [0.05, 0.1) is 10.0 Å². The standard InChI is InChI=1S/C30H35Cl2N3O2/c1-19-30(25-17-24(36)8-10-28(25)33-19)22-12-14-35(15-13-22)18-21-2-6-23(7-3-21)34-29(37)11-5-20-4-9-26(31)27(32)16-20/h4-5,8-11,16-17,21-23,33,36H,2-3,6-7,12-15,18H2,1H3,(H,34,37)/b11-5+. The summed E-state index contributed by atoms with van der Waals surface area (Å²) in [6.07, 6.45) is 10.0. The second-order valence-electron chi connectivity index (χ2n) is 10.7. The van der Waals surface area contributed by atoms with Gasteiger partial charge in [-0.2, -0.15) is 0 Å². The monoisotopic (exact) mass is 539 g/mol. The summed E-state index contributed by atoms with van der Waals surface area (Å²) in [6.45, 7) is 5.54. The quantitative estimate of drug-likeness (QED) is 0.294. The predicted molar refractivity (Wildman–Crippen MR) is 153 cm³/mol. The lowest BCUT2D eigenvalue weighted by atomic mass is 9.84. The van der Waals surface area contributed by atoms with Crippen LogP contribution in [0.5, 0.6) is 5.75 Å². The number of piperidine rings is 1. The lowest BCUT2D eigenvalue weighted by molar-refractivity contribution is -0.117. The SMILES string of the molecule is Cc1[nH]c2ccc(O)cc2c1C1CCN(CC2CCC(NC(=O)/C=C/c3ccc(Cl)c(Cl)c3)CC2)CC1. The molecule has 0 unspecified atom stereocenters. The lowest BCUT2D eigenvalue weighted by Gasteiger charge is -2.37. The lowest BCUT2D eigenvalue weighted by Crippen LogP contribution is -2.41. The Morgan fingerprint density at radius 2 is 1.81 bits per heavy atom. The van der Waals surface area contributed by atoms with Crippen molar-refractivity contribution in [1.82, 2.24) is 15.2 Å². The number of nitrogens with zero attached hydrogens (tertiary/aromatic N) is 1. The Morgan fingerprint density at radius 1 is 1.05 bits per heavy atom. The molecule has 2 heterocycles. The number of aromatic amines is 1. The molecule has 0 radical (unpaired) electrons. The highest BCUT2D eigenvalue weighted by Crippen LogP contribution is 2.37. The third kappa shape index (κ3) is 6.34. The van der Waals surface area contributed by atoms with E-state index in [0.717, 1.165) is 69.2 Å². The van der Waals surface area contributed by atoms with Crippen LogP contribution in [0.3, 0.4) is 0 Å². The molecule has 1 amide bonds. The number of fused-ring (bicyclic) bond motifs is 1. The zero-order valence-electron chi connectivity index (χ0n) is 21.3. The summed E-state index contributed by atoms with van der Waals surface area (Å²) < 4.78 is 0. The van der Waals surface area contributed by atoms with Crippen molar-refractivity contribution < 1.29 is 9.90 Å². The molecule has 2 fully saturated rings. The second-order valence-corrected chi connectivity index (χ2v) is 11.5. The molecule has 0 atom stereocenters. The normalized spacial score (nSPS) is 21.6. The van der Waals surface area contributed by atoms with E-state index in [9.17, 15) is 9.90 Å². The first-order valence-electron chi connectivity index (χ1n) is 13.3.